The van der Waals surface area contributed by atoms with Crippen LogP contribution in [0.25, 0.3) is 0 Å². The molecule has 0 aliphatic carbocycles. The van der Waals surface area contributed by atoms with Crippen molar-refractivity contribution in [1.82, 2.24) is 0 Å². The van der Waals surface area contributed by atoms with Crippen molar-refractivity contribution in [2.45, 2.75) is 19.9 Å². The lowest BCUT2D eigenvalue weighted by molar-refractivity contribution is 0.471. The fraction of sp³-hybridized carbons (Fsp3) is 0.231. The Morgan fingerprint density at radius 2 is 2.06 bits per heavy atom. The second-order valence-corrected chi connectivity index (χ2v) is 5.76. The van der Waals surface area contributed by atoms with Crippen molar-refractivity contribution in [3.63, 3.8) is 0 Å². The highest BCUT2D eigenvalue weighted by atomic mass is 35.5. The summed E-state index contributed by atoms with van der Waals surface area (Å²) in [6.07, 6.45) is 0. The summed E-state index contributed by atoms with van der Waals surface area (Å²) in [7, 11) is 0. The first-order valence-corrected chi connectivity index (χ1v) is 6.57. The zero-order chi connectivity index (χ0) is 12.4. The van der Waals surface area contributed by atoms with Crippen LogP contribution in [0.15, 0.2) is 30.3 Å². The lowest BCUT2D eigenvalue weighted by atomic mass is 10.2. The molecule has 0 saturated heterocycles. The van der Waals surface area contributed by atoms with E-state index < -0.39 is 0 Å². The largest absolute Gasteiger partial charge is 0.508 e. The molecule has 2 aromatic rings. The van der Waals surface area contributed by atoms with Gasteiger partial charge in [-0.15, -0.1) is 11.3 Å². The number of phenols is 1. The summed E-state index contributed by atoms with van der Waals surface area (Å²) in [5.74, 6) is 0.322. The number of benzene rings is 1. The minimum Gasteiger partial charge on any atom is -0.508 e. The molecule has 1 unspecified atom stereocenters. The molecule has 1 heterocycles. The lowest BCUT2D eigenvalue weighted by Gasteiger charge is -2.14. The molecule has 0 fully saturated rings. The lowest BCUT2D eigenvalue weighted by Crippen LogP contribution is -2.04. The van der Waals surface area contributed by atoms with E-state index in [1.165, 1.54) is 4.88 Å². The summed E-state index contributed by atoms with van der Waals surface area (Å²) < 4.78 is 0.801. The molecule has 2 N–H and O–H groups in total. The van der Waals surface area contributed by atoms with Crippen molar-refractivity contribution in [3.05, 3.63) is 45.1 Å². The maximum atomic E-state index is 9.46. The van der Waals surface area contributed by atoms with E-state index in [-0.39, 0.29) is 6.04 Å². The molecule has 90 valence electrons. The quantitative estimate of drug-likeness (QED) is 0.798. The molecule has 17 heavy (non-hydrogen) atoms. The van der Waals surface area contributed by atoms with Crippen LogP contribution in [0.2, 0.25) is 4.34 Å². The van der Waals surface area contributed by atoms with Gasteiger partial charge in [0.1, 0.15) is 5.75 Å². The molecule has 0 bridgehead atoms. The number of aromatic hydroxyl groups is 1. The van der Waals surface area contributed by atoms with Gasteiger partial charge in [-0.25, -0.2) is 0 Å². The minimum atomic E-state index is 0.205. The Balaban J connectivity index is 2.12. The Morgan fingerprint density at radius 3 is 2.65 bits per heavy atom. The molecule has 0 saturated carbocycles. The second kappa shape index (κ2) is 4.98. The summed E-state index contributed by atoms with van der Waals surface area (Å²) in [6, 6.07) is 9.64. The van der Waals surface area contributed by atoms with E-state index in [1.54, 1.807) is 17.4 Å². The number of anilines is 1. The molecule has 0 aliphatic rings. The van der Waals surface area contributed by atoms with Gasteiger partial charge in [-0.1, -0.05) is 11.6 Å². The van der Waals surface area contributed by atoms with E-state index in [2.05, 4.69) is 12.2 Å². The van der Waals surface area contributed by atoms with Crippen LogP contribution < -0.4 is 5.32 Å². The summed E-state index contributed by atoms with van der Waals surface area (Å²) in [5.41, 5.74) is 1.86. The van der Waals surface area contributed by atoms with Gasteiger partial charge in [0.25, 0.3) is 0 Å². The first kappa shape index (κ1) is 12.3. The van der Waals surface area contributed by atoms with Crippen molar-refractivity contribution < 1.29 is 5.11 Å². The van der Waals surface area contributed by atoms with Crippen LogP contribution in [-0.4, -0.2) is 5.11 Å². The number of halogens is 1. The summed E-state index contributed by atoms with van der Waals surface area (Å²) in [5, 5.41) is 12.8. The smallest absolute Gasteiger partial charge is 0.118 e. The molecule has 1 aromatic carbocycles. The monoisotopic (exact) mass is 267 g/mol. The average molecular weight is 268 g/mol. The van der Waals surface area contributed by atoms with Crippen LogP contribution in [-0.2, 0) is 0 Å². The predicted molar refractivity (Wildman–Crippen MR) is 74.2 cm³/mol. The number of rotatable bonds is 3. The topological polar surface area (TPSA) is 32.3 Å². The molecule has 2 nitrogen and oxygen atoms in total. The first-order valence-electron chi connectivity index (χ1n) is 5.37. The van der Waals surface area contributed by atoms with Crippen molar-refractivity contribution in [1.29, 1.82) is 0 Å². The van der Waals surface area contributed by atoms with Gasteiger partial charge >= 0.3 is 0 Å². The fourth-order valence-corrected chi connectivity index (χ4v) is 2.69. The molecule has 0 aliphatic heterocycles. The summed E-state index contributed by atoms with van der Waals surface area (Å²) in [6.45, 7) is 3.97. The van der Waals surface area contributed by atoms with Crippen LogP contribution in [0.5, 0.6) is 5.75 Å². The third kappa shape index (κ3) is 2.93. The van der Waals surface area contributed by atoms with Crippen LogP contribution in [0, 0.1) is 6.92 Å². The van der Waals surface area contributed by atoms with Gasteiger partial charge in [0, 0.05) is 10.6 Å². The van der Waals surface area contributed by atoms with E-state index in [4.69, 9.17) is 11.6 Å². The minimum absolute atomic E-state index is 0.205. The Hall–Kier alpha value is -1.19. The number of hydrogen-bond donors (Lipinski definition) is 2. The van der Waals surface area contributed by atoms with E-state index in [0.29, 0.717) is 5.75 Å². The Kier molecular flexibility index (Phi) is 3.60. The molecule has 0 radical (unpaired) electrons. The van der Waals surface area contributed by atoms with Gasteiger partial charge in [0.05, 0.1) is 10.4 Å². The van der Waals surface area contributed by atoms with Crippen molar-refractivity contribution in [2.24, 2.45) is 0 Å². The van der Waals surface area contributed by atoms with Gasteiger partial charge < -0.3 is 10.4 Å². The Bertz CT molecular complexity index is 524. The number of aryl methyl sites for hydroxylation is 1. The van der Waals surface area contributed by atoms with Gasteiger partial charge in [0.2, 0.25) is 0 Å². The van der Waals surface area contributed by atoms with E-state index in [0.717, 1.165) is 15.6 Å². The highest BCUT2D eigenvalue weighted by molar-refractivity contribution is 7.16. The first-order chi connectivity index (χ1) is 8.06. The summed E-state index contributed by atoms with van der Waals surface area (Å²) in [4.78, 5) is 1.20. The average Bonchev–Trinajstić information content (AvgIpc) is 2.70. The third-order valence-corrected chi connectivity index (χ3v) is 4.01. The maximum absolute atomic E-state index is 9.46. The van der Waals surface area contributed by atoms with Gasteiger partial charge in [-0.3, -0.25) is 0 Å². The molecule has 4 heteroatoms. The van der Waals surface area contributed by atoms with Crippen molar-refractivity contribution >= 4 is 28.6 Å². The zero-order valence-corrected chi connectivity index (χ0v) is 11.3. The Labute approximate surface area is 110 Å². The highest BCUT2D eigenvalue weighted by Crippen LogP contribution is 2.30. The molecule has 2 rings (SSSR count). The SMILES string of the molecule is Cc1cc(NC(C)c2ccc(Cl)s2)ccc1O. The van der Waals surface area contributed by atoms with Gasteiger partial charge in [-0.05, 0) is 49.7 Å². The van der Waals surface area contributed by atoms with Gasteiger partial charge in [0.15, 0.2) is 0 Å². The van der Waals surface area contributed by atoms with E-state index in [9.17, 15) is 5.11 Å². The summed E-state index contributed by atoms with van der Waals surface area (Å²) >= 11 is 7.49. The molecule has 1 aromatic heterocycles. The van der Waals surface area contributed by atoms with Crippen molar-refractivity contribution in [3.8, 4) is 5.75 Å². The predicted octanol–water partition coefficient (Wildman–Crippen LogP) is 4.59. The highest BCUT2D eigenvalue weighted by Gasteiger charge is 2.08. The van der Waals surface area contributed by atoms with Crippen LogP contribution in [0.4, 0.5) is 5.69 Å². The molecule has 0 amide bonds. The fourth-order valence-electron chi connectivity index (χ4n) is 1.63. The maximum Gasteiger partial charge on any atom is 0.118 e. The number of nitrogens with one attached hydrogen (secondary N) is 1. The van der Waals surface area contributed by atoms with Crippen LogP contribution >= 0.6 is 22.9 Å². The van der Waals surface area contributed by atoms with Crippen LogP contribution in [0.3, 0.4) is 0 Å². The number of thiophene rings is 1. The standard InChI is InChI=1S/C13H14ClNOS/c1-8-7-10(3-4-11(8)16)15-9(2)12-5-6-13(14)17-12/h3-7,9,15-16H,1-2H3. The molecular weight excluding hydrogens is 254 g/mol. The van der Waals surface area contributed by atoms with Crippen LogP contribution in [0.1, 0.15) is 23.4 Å². The normalized spacial score (nSPS) is 12.4. The Morgan fingerprint density at radius 1 is 1.29 bits per heavy atom. The third-order valence-electron chi connectivity index (χ3n) is 2.60. The number of phenolic OH excluding ortho intramolecular Hbond substituents is 1. The molecule has 1 atom stereocenters. The number of hydrogen-bond acceptors (Lipinski definition) is 3. The van der Waals surface area contributed by atoms with E-state index in [1.807, 2.05) is 31.2 Å². The second-order valence-electron chi connectivity index (χ2n) is 4.01. The zero-order valence-electron chi connectivity index (χ0n) is 9.70. The molecular formula is C13H14ClNOS. The molecule has 0 spiro atoms. The van der Waals surface area contributed by atoms with E-state index >= 15 is 0 Å². The van der Waals surface area contributed by atoms with Crippen molar-refractivity contribution in [2.75, 3.05) is 5.32 Å². The van der Waals surface area contributed by atoms with Gasteiger partial charge in [-0.2, -0.15) is 0 Å².